The fourth-order valence-corrected chi connectivity index (χ4v) is 4.14. The van der Waals surface area contributed by atoms with Crippen LogP contribution in [-0.2, 0) is 9.84 Å². The number of nitrogens with two attached hydrogens (primary N) is 1. The van der Waals surface area contributed by atoms with Crippen molar-refractivity contribution in [1.82, 2.24) is 4.90 Å². The van der Waals surface area contributed by atoms with Gasteiger partial charge in [-0.2, -0.15) is 0 Å². The summed E-state index contributed by atoms with van der Waals surface area (Å²) in [6.07, 6.45) is 1.02. The molecule has 3 rings (SSSR count). The van der Waals surface area contributed by atoms with Crippen molar-refractivity contribution in [2.75, 3.05) is 24.3 Å². The number of aromatic hydroxyl groups is 1. The molecule has 0 aromatic heterocycles. The van der Waals surface area contributed by atoms with E-state index in [9.17, 15) is 23.1 Å². The molecular weight excluding hydrogens is 384 g/mol. The summed E-state index contributed by atoms with van der Waals surface area (Å²) in [5, 5.41) is 9.92. The Morgan fingerprint density at radius 2 is 1.89 bits per heavy atom. The van der Waals surface area contributed by atoms with Crippen LogP contribution in [0, 0.1) is 0 Å². The molecule has 1 aliphatic rings. The van der Waals surface area contributed by atoms with E-state index in [0.29, 0.717) is 5.56 Å². The van der Waals surface area contributed by atoms with Crippen molar-refractivity contribution in [2.24, 2.45) is 0 Å². The van der Waals surface area contributed by atoms with Gasteiger partial charge in [-0.05, 0) is 36.8 Å². The maximum atomic E-state index is 13.0. The number of phenols is 1. The summed E-state index contributed by atoms with van der Waals surface area (Å²) in [5.74, 6) is -1.75. The second-order valence-corrected chi connectivity index (χ2v) is 8.70. The van der Waals surface area contributed by atoms with E-state index < -0.39 is 33.4 Å². The number of carbonyl (C=O) groups is 2. The second kappa shape index (κ2) is 7.16. The number of hydrogen-bond donors (Lipinski definition) is 2. The highest BCUT2D eigenvalue weighted by Crippen LogP contribution is 2.37. The molecule has 148 valence electrons. The Hall–Kier alpha value is -3.07. The molecule has 8 nitrogen and oxygen atoms in total. The predicted molar refractivity (Wildman–Crippen MR) is 103 cm³/mol. The normalized spacial score (nSPS) is 14.9. The van der Waals surface area contributed by atoms with Crippen LogP contribution in [0.4, 0.5) is 5.69 Å². The Kier molecular flexibility index (Phi) is 5.03. The van der Waals surface area contributed by atoms with Gasteiger partial charge in [-0.25, -0.2) is 8.42 Å². The van der Waals surface area contributed by atoms with Crippen molar-refractivity contribution < 1.29 is 27.9 Å². The van der Waals surface area contributed by atoms with Gasteiger partial charge in [0.05, 0.1) is 29.5 Å². The number of imide groups is 1. The molecule has 0 aliphatic carbocycles. The topological polar surface area (TPSA) is 127 Å². The van der Waals surface area contributed by atoms with Gasteiger partial charge in [0.25, 0.3) is 11.8 Å². The van der Waals surface area contributed by atoms with Gasteiger partial charge in [0.15, 0.2) is 11.5 Å². The summed E-state index contributed by atoms with van der Waals surface area (Å²) in [6, 6.07) is 7.67. The summed E-state index contributed by atoms with van der Waals surface area (Å²) in [7, 11) is -3.57. The predicted octanol–water partition coefficient (Wildman–Crippen LogP) is 1.76. The Morgan fingerprint density at radius 1 is 1.18 bits per heavy atom. The first-order valence-corrected chi connectivity index (χ1v) is 10.6. The van der Waals surface area contributed by atoms with Gasteiger partial charge in [0.2, 0.25) is 0 Å². The highest BCUT2D eigenvalue weighted by molar-refractivity contribution is 7.90. The second-order valence-electron chi connectivity index (χ2n) is 6.52. The van der Waals surface area contributed by atoms with E-state index in [1.54, 1.807) is 13.0 Å². The number of amides is 2. The molecule has 3 N–H and O–H groups in total. The number of benzene rings is 2. The summed E-state index contributed by atoms with van der Waals surface area (Å²) >= 11 is 0. The zero-order chi connectivity index (χ0) is 20.6. The van der Waals surface area contributed by atoms with Crippen molar-refractivity contribution in [3.63, 3.8) is 0 Å². The number of fused-ring (bicyclic) bond motifs is 1. The quantitative estimate of drug-likeness (QED) is 0.555. The monoisotopic (exact) mass is 404 g/mol. The molecule has 1 aliphatic heterocycles. The van der Waals surface area contributed by atoms with Crippen LogP contribution in [0.3, 0.4) is 0 Å². The smallest absolute Gasteiger partial charge is 0.264 e. The number of rotatable bonds is 6. The van der Waals surface area contributed by atoms with Gasteiger partial charge in [-0.1, -0.05) is 12.1 Å². The van der Waals surface area contributed by atoms with Gasteiger partial charge < -0.3 is 15.6 Å². The highest BCUT2D eigenvalue weighted by Gasteiger charge is 2.42. The van der Waals surface area contributed by atoms with Crippen molar-refractivity contribution in [1.29, 1.82) is 0 Å². The molecule has 0 fully saturated rings. The van der Waals surface area contributed by atoms with E-state index >= 15 is 0 Å². The van der Waals surface area contributed by atoms with Crippen LogP contribution >= 0.6 is 0 Å². The summed E-state index contributed by atoms with van der Waals surface area (Å²) in [4.78, 5) is 26.8. The number of phenolic OH excluding ortho intramolecular Hbond substituents is 1. The SMILES string of the molecule is CCOc1cc(C(CS(C)(=O)=O)N2C(=O)c3cccc(N)c3C2=O)ccc1O. The van der Waals surface area contributed by atoms with Crippen LogP contribution in [0.1, 0.15) is 39.2 Å². The summed E-state index contributed by atoms with van der Waals surface area (Å²) < 4.78 is 29.4. The number of nitrogens with zero attached hydrogens (tertiary/aromatic N) is 1. The van der Waals surface area contributed by atoms with E-state index in [0.717, 1.165) is 11.2 Å². The fraction of sp³-hybridized carbons (Fsp3) is 0.263. The average Bonchev–Trinajstić information content (AvgIpc) is 2.86. The Balaban J connectivity index is 2.13. The number of ether oxygens (including phenoxy) is 1. The zero-order valence-corrected chi connectivity index (χ0v) is 16.2. The van der Waals surface area contributed by atoms with E-state index in [-0.39, 0.29) is 34.9 Å². The van der Waals surface area contributed by atoms with Crippen LogP contribution in [0.2, 0.25) is 0 Å². The lowest BCUT2D eigenvalue weighted by molar-refractivity contribution is 0.0598. The minimum Gasteiger partial charge on any atom is -0.504 e. The molecule has 2 aromatic carbocycles. The zero-order valence-electron chi connectivity index (χ0n) is 15.4. The first-order valence-electron chi connectivity index (χ1n) is 8.54. The molecule has 1 heterocycles. The molecule has 0 radical (unpaired) electrons. The number of hydrogen-bond acceptors (Lipinski definition) is 7. The third-order valence-electron chi connectivity index (χ3n) is 4.42. The van der Waals surface area contributed by atoms with Crippen LogP contribution < -0.4 is 10.5 Å². The molecule has 1 unspecified atom stereocenters. The minimum absolute atomic E-state index is 0.0646. The molecule has 1 atom stereocenters. The Labute approximate surface area is 162 Å². The van der Waals surface area contributed by atoms with Crippen molar-refractivity contribution in [3.05, 3.63) is 53.1 Å². The maximum absolute atomic E-state index is 13.0. The van der Waals surface area contributed by atoms with Crippen molar-refractivity contribution >= 4 is 27.3 Å². The number of carbonyl (C=O) groups excluding carboxylic acids is 2. The first kappa shape index (κ1) is 19.7. The summed E-state index contributed by atoms with van der Waals surface area (Å²) in [6.45, 7) is 2.00. The molecule has 0 saturated carbocycles. The summed E-state index contributed by atoms with van der Waals surface area (Å²) in [5.41, 5.74) is 6.56. The molecule has 28 heavy (non-hydrogen) atoms. The molecule has 2 amide bonds. The molecular formula is C19H20N2O6S. The molecule has 0 bridgehead atoms. The van der Waals surface area contributed by atoms with Crippen LogP contribution in [0.15, 0.2) is 36.4 Å². The van der Waals surface area contributed by atoms with Gasteiger partial charge >= 0.3 is 0 Å². The van der Waals surface area contributed by atoms with Gasteiger partial charge in [-0.15, -0.1) is 0 Å². The maximum Gasteiger partial charge on any atom is 0.264 e. The lowest BCUT2D eigenvalue weighted by Gasteiger charge is -2.26. The van der Waals surface area contributed by atoms with E-state index in [1.807, 2.05) is 0 Å². The van der Waals surface area contributed by atoms with Crippen LogP contribution in [0.25, 0.3) is 0 Å². The highest BCUT2D eigenvalue weighted by atomic mass is 32.2. The van der Waals surface area contributed by atoms with Crippen molar-refractivity contribution in [2.45, 2.75) is 13.0 Å². The molecule has 9 heteroatoms. The van der Waals surface area contributed by atoms with Crippen LogP contribution in [-0.4, -0.2) is 48.9 Å². The van der Waals surface area contributed by atoms with E-state index in [2.05, 4.69) is 0 Å². The lowest BCUT2D eigenvalue weighted by atomic mass is 10.1. The first-order chi connectivity index (χ1) is 13.1. The standard InChI is InChI=1S/C19H20N2O6S/c1-3-27-16-9-11(7-8-15(16)22)14(10-28(2,25)26)21-18(23)12-5-4-6-13(20)17(12)19(21)24/h4-9,14,22H,3,10,20H2,1-2H3. The fourth-order valence-electron chi connectivity index (χ4n) is 3.23. The number of nitrogen functional groups attached to an aromatic ring is 1. The average molecular weight is 404 g/mol. The largest absolute Gasteiger partial charge is 0.504 e. The molecule has 2 aromatic rings. The molecule has 0 saturated heterocycles. The Morgan fingerprint density at radius 3 is 2.50 bits per heavy atom. The Bertz CT molecular complexity index is 1060. The van der Waals surface area contributed by atoms with E-state index in [4.69, 9.17) is 10.5 Å². The van der Waals surface area contributed by atoms with Gasteiger partial charge in [-0.3, -0.25) is 14.5 Å². The van der Waals surface area contributed by atoms with Gasteiger partial charge in [0.1, 0.15) is 9.84 Å². The van der Waals surface area contributed by atoms with Gasteiger partial charge in [0, 0.05) is 11.9 Å². The molecule has 0 spiro atoms. The minimum atomic E-state index is -3.57. The van der Waals surface area contributed by atoms with Crippen molar-refractivity contribution in [3.8, 4) is 11.5 Å². The number of anilines is 1. The number of sulfone groups is 1. The third-order valence-corrected chi connectivity index (χ3v) is 5.34. The lowest BCUT2D eigenvalue weighted by Crippen LogP contribution is -2.37. The van der Waals surface area contributed by atoms with E-state index in [1.165, 1.54) is 30.3 Å². The van der Waals surface area contributed by atoms with Crippen LogP contribution in [0.5, 0.6) is 11.5 Å². The third kappa shape index (κ3) is 3.53.